The highest BCUT2D eigenvalue weighted by Crippen LogP contribution is 2.40. The van der Waals surface area contributed by atoms with E-state index >= 15 is 0 Å². The number of ether oxygens (including phenoxy) is 4. The molecule has 1 saturated heterocycles. The standard InChI is InChI=1S/C50H54Cl2N6O5/c1-49(2,3)62-32-44(48(59)63-50(4,5)6)55-27-37-22-43(51)38(23-46(37)61-31-35-21-34(24-53)25-54-26-35)30-58-45-12-8-10-40(42(45)28-56-58)41-11-7-9-39(47(41)52)36-15-13-33(14-16-36)29-57-17-19-60-20-18-57/h7-16,21-23,25-26,28,44,55H,17-20,27,29-32H2,1-6H3/t44-/m0/s1. The van der Waals surface area contributed by atoms with Crippen molar-refractivity contribution in [3.63, 3.8) is 0 Å². The third-order valence-corrected chi connectivity index (χ3v) is 11.3. The normalized spacial score (nSPS) is 14.1. The summed E-state index contributed by atoms with van der Waals surface area (Å²) >= 11 is 14.3. The molecule has 11 nitrogen and oxygen atoms in total. The Kier molecular flexibility index (Phi) is 14.5. The van der Waals surface area contributed by atoms with Crippen molar-refractivity contribution in [2.45, 2.75) is 85.0 Å². The van der Waals surface area contributed by atoms with E-state index in [1.54, 1.807) is 12.3 Å². The average Bonchev–Trinajstić information content (AvgIpc) is 3.66. The number of benzene rings is 4. The van der Waals surface area contributed by atoms with Gasteiger partial charge in [0.2, 0.25) is 0 Å². The van der Waals surface area contributed by atoms with Crippen LogP contribution in [-0.4, -0.2) is 75.8 Å². The van der Waals surface area contributed by atoms with E-state index in [0.29, 0.717) is 33.5 Å². The van der Waals surface area contributed by atoms with Gasteiger partial charge in [0, 0.05) is 71.2 Å². The number of carbonyl (C=O) groups is 1. The molecule has 1 aliphatic heterocycles. The lowest BCUT2D eigenvalue weighted by Gasteiger charge is -2.27. The number of rotatable bonds is 15. The molecule has 0 saturated carbocycles. The van der Waals surface area contributed by atoms with Gasteiger partial charge in [0.25, 0.3) is 0 Å². The number of hydrogen-bond acceptors (Lipinski definition) is 10. The molecule has 63 heavy (non-hydrogen) atoms. The molecule has 0 spiro atoms. The van der Waals surface area contributed by atoms with Gasteiger partial charge in [-0.2, -0.15) is 10.4 Å². The van der Waals surface area contributed by atoms with Crippen molar-refractivity contribution in [2.75, 3.05) is 32.9 Å². The van der Waals surface area contributed by atoms with Gasteiger partial charge >= 0.3 is 5.97 Å². The number of carbonyl (C=O) groups excluding carboxylic acids is 1. The molecule has 7 rings (SSSR count). The summed E-state index contributed by atoms with van der Waals surface area (Å²) in [7, 11) is 0. The first-order valence-corrected chi connectivity index (χ1v) is 21.9. The van der Waals surface area contributed by atoms with Gasteiger partial charge in [-0.05, 0) is 88.1 Å². The molecule has 1 aliphatic rings. The fourth-order valence-electron chi connectivity index (χ4n) is 7.36. The highest BCUT2D eigenvalue weighted by molar-refractivity contribution is 6.36. The number of esters is 1. The van der Waals surface area contributed by atoms with Gasteiger partial charge in [-0.25, -0.2) is 0 Å². The van der Waals surface area contributed by atoms with E-state index in [2.05, 4.69) is 57.7 Å². The summed E-state index contributed by atoms with van der Waals surface area (Å²) < 4.78 is 25.6. The second-order valence-electron chi connectivity index (χ2n) is 17.7. The first-order chi connectivity index (χ1) is 30.1. The summed E-state index contributed by atoms with van der Waals surface area (Å²) in [6.45, 7) is 16.4. The van der Waals surface area contributed by atoms with Gasteiger partial charge in [0.1, 0.15) is 30.1 Å². The molecule has 1 fully saturated rings. The summed E-state index contributed by atoms with van der Waals surface area (Å²) in [6.07, 6.45) is 5.03. The quantitative estimate of drug-likeness (QED) is 0.0997. The van der Waals surface area contributed by atoms with Crippen LogP contribution in [0.5, 0.6) is 5.75 Å². The van der Waals surface area contributed by atoms with Crippen molar-refractivity contribution >= 4 is 40.1 Å². The number of nitrogens with zero attached hydrogens (tertiary/aromatic N) is 5. The Hall–Kier alpha value is -5.32. The lowest BCUT2D eigenvalue weighted by atomic mass is 9.96. The van der Waals surface area contributed by atoms with E-state index in [4.69, 9.17) is 47.2 Å². The van der Waals surface area contributed by atoms with Crippen molar-refractivity contribution in [1.82, 2.24) is 25.0 Å². The molecule has 328 valence electrons. The second kappa shape index (κ2) is 20.0. The molecule has 3 heterocycles. The number of morpholine rings is 1. The molecule has 1 atom stereocenters. The maximum Gasteiger partial charge on any atom is 0.326 e. The Morgan fingerprint density at radius 1 is 0.857 bits per heavy atom. The predicted molar refractivity (Wildman–Crippen MR) is 248 cm³/mol. The number of nitriles is 1. The van der Waals surface area contributed by atoms with Crippen molar-refractivity contribution < 1.29 is 23.7 Å². The Morgan fingerprint density at radius 2 is 1.59 bits per heavy atom. The van der Waals surface area contributed by atoms with E-state index in [9.17, 15) is 10.1 Å². The van der Waals surface area contributed by atoms with Crippen LogP contribution in [0.2, 0.25) is 10.0 Å². The zero-order valence-corrected chi connectivity index (χ0v) is 38.2. The summed E-state index contributed by atoms with van der Waals surface area (Å²) in [5.41, 5.74) is 7.53. The van der Waals surface area contributed by atoms with E-state index in [1.807, 2.05) is 88.8 Å². The van der Waals surface area contributed by atoms with E-state index in [0.717, 1.165) is 77.1 Å². The Morgan fingerprint density at radius 3 is 2.32 bits per heavy atom. The molecule has 0 radical (unpaired) electrons. The molecule has 0 unspecified atom stereocenters. The molecular weight excluding hydrogens is 835 g/mol. The fraction of sp³-hybridized carbons (Fsp3) is 0.360. The van der Waals surface area contributed by atoms with Crippen molar-refractivity contribution in [3.8, 4) is 34.1 Å². The highest BCUT2D eigenvalue weighted by Gasteiger charge is 2.28. The average molecular weight is 890 g/mol. The second-order valence-corrected chi connectivity index (χ2v) is 18.5. The Bertz CT molecular complexity index is 2590. The summed E-state index contributed by atoms with van der Waals surface area (Å²) in [6, 6.07) is 27.7. The molecule has 0 bridgehead atoms. The minimum Gasteiger partial charge on any atom is -0.489 e. The SMILES string of the molecule is CC(C)(C)OC[C@H](NCc1cc(Cl)c(Cn2ncc3c(-c4cccc(-c5ccc(CN6CCOCC6)cc5)c4Cl)cccc32)cc1OCc1cncc(C#N)c1)C(=O)OC(C)(C)C. The summed E-state index contributed by atoms with van der Waals surface area (Å²) in [5, 5.41) is 19.8. The Labute approximate surface area is 379 Å². The number of halogens is 2. The van der Waals surface area contributed by atoms with Gasteiger partial charge in [-0.3, -0.25) is 24.7 Å². The molecule has 2 aromatic heterocycles. The van der Waals surface area contributed by atoms with Crippen molar-refractivity contribution in [3.05, 3.63) is 135 Å². The van der Waals surface area contributed by atoms with Gasteiger partial charge < -0.3 is 18.9 Å². The third-order valence-electron chi connectivity index (χ3n) is 10.5. The highest BCUT2D eigenvalue weighted by atomic mass is 35.5. The van der Waals surface area contributed by atoms with Crippen LogP contribution in [0, 0.1) is 11.3 Å². The van der Waals surface area contributed by atoms with Crippen LogP contribution in [-0.2, 0) is 45.2 Å². The van der Waals surface area contributed by atoms with Crippen LogP contribution in [0.15, 0.2) is 97.5 Å². The fourth-order valence-corrected chi connectivity index (χ4v) is 7.95. The monoisotopic (exact) mass is 888 g/mol. The van der Waals surface area contributed by atoms with Crippen LogP contribution in [0.4, 0.5) is 0 Å². The smallest absolute Gasteiger partial charge is 0.326 e. The lowest BCUT2D eigenvalue weighted by molar-refractivity contribution is -0.160. The van der Waals surface area contributed by atoms with E-state index in [1.165, 1.54) is 11.8 Å². The van der Waals surface area contributed by atoms with Gasteiger partial charge in [-0.15, -0.1) is 0 Å². The van der Waals surface area contributed by atoms with Gasteiger partial charge in [-0.1, -0.05) is 77.8 Å². The molecule has 0 aliphatic carbocycles. The number of aromatic nitrogens is 3. The number of fused-ring (bicyclic) bond motifs is 1. The van der Waals surface area contributed by atoms with Crippen molar-refractivity contribution in [2.24, 2.45) is 0 Å². The number of pyridine rings is 1. The Balaban J connectivity index is 1.16. The first kappa shape index (κ1) is 45.7. The topological polar surface area (TPSA) is 124 Å². The minimum absolute atomic E-state index is 0.0970. The van der Waals surface area contributed by atoms with Crippen LogP contribution in [0.1, 0.15) is 69.4 Å². The molecule has 4 aromatic carbocycles. The molecule has 0 amide bonds. The summed E-state index contributed by atoms with van der Waals surface area (Å²) in [4.78, 5) is 20.0. The van der Waals surface area contributed by atoms with Crippen LogP contribution >= 0.6 is 23.2 Å². The molecule has 1 N–H and O–H groups in total. The molecule has 6 aromatic rings. The first-order valence-electron chi connectivity index (χ1n) is 21.2. The van der Waals surface area contributed by atoms with E-state index < -0.39 is 23.2 Å². The molecular formula is C50H54Cl2N6O5. The van der Waals surface area contributed by atoms with Crippen molar-refractivity contribution in [1.29, 1.82) is 5.26 Å². The maximum absolute atomic E-state index is 13.4. The number of nitrogens with one attached hydrogen (secondary N) is 1. The summed E-state index contributed by atoms with van der Waals surface area (Å²) in [5.74, 6) is 0.113. The predicted octanol–water partition coefficient (Wildman–Crippen LogP) is 10.0. The maximum atomic E-state index is 13.4. The minimum atomic E-state index is -0.767. The zero-order valence-electron chi connectivity index (χ0n) is 36.7. The lowest BCUT2D eigenvalue weighted by Crippen LogP contribution is -2.45. The van der Waals surface area contributed by atoms with Gasteiger partial charge in [0.05, 0.1) is 54.3 Å². The van der Waals surface area contributed by atoms with Crippen LogP contribution in [0.25, 0.3) is 33.2 Å². The molecule has 13 heteroatoms. The van der Waals surface area contributed by atoms with Gasteiger partial charge in [0.15, 0.2) is 0 Å². The zero-order chi connectivity index (χ0) is 44.7. The largest absolute Gasteiger partial charge is 0.489 e. The van der Waals surface area contributed by atoms with Crippen LogP contribution in [0.3, 0.4) is 0 Å². The van der Waals surface area contributed by atoms with Crippen LogP contribution < -0.4 is 10.1 Å². The van der Waals surface area contributed by atoms with E-state index in [-0.39, 0.29) is 19.8 Å². The third kappa shape index (κ3) is 12.0. The number of hydrogen-bond donors (Lipinski definition) is 1.